The van der Waals surface area contributed by atoms with Gasteiger partial charge in [0.15, 0.2) is 0 Å². The highest BCUT2D eigenvalue weighted by Crippen LogP contribution is 2.50. The first-order chi connectivity index (χ1) is 8.00. The summed E-state index contributed by atoms with van der Waals surface area (Å²) in [6, 6.07) is 0. The Balaban J connectivity index is 2.61. The predicted molar refractivity (Wildman–Crippen MR) is 68.4 cm³/mol. The van der Waals surface area contributed by atoms with Crippen molar-refractivity contribution in [2.24, 2.45) is 17.3 Å². The van der Waals surface area contributed by atoms with E-state index in [0.717, 1.165) is 11.3 Å². The summed E-state index contributed by atoms with van der Waals surface area (Å²) in [5.41, 5.74) is 0.689. The Morgan fingerprint density at radius 3 is 2.71 bits per heavy atom. The van der Waals surface area contributed by atoms with Gasteiger partial charge in [-0.1, -0.05) is 32.1 Å². The lowest BCUT2D eigenvalue weighted by atomic mass is 9.78. The Kier molecular flexibility index (Phi) is 2.98. The SMILES string of the molecule is COC1=C2[C@@H](C(C)C)CC(=O)[C@@]2(C)C=CC=C1. The number of hydrogen-bond acceptors (Lipinski definition) is 2. The number of Topliss-reactive ketones (excluding diaryl/α,β-unsaturated/α-hetero) is 1. The Bertz CT molecular complexity index is 426. The molecule has 2 nitrogen and oxygen atoms in total. The fraction of sp³-hybridized carbons (Fsp3) is 0.533. The van der Waals surface area contributed by atoms with E-state index in [4.69, 9.17) is 4.74 Å². The molecular formula is C15H20O2. The molecule has 2 aliphatic rings. The maximum atomic E-state index is 12.3. The molecule has 0 spiro atoms. The van der Waals surface area contributed by atoms with Crippen LogP contribution in [0.25, 0.3) is 0 Å². The maximum absolute atomic E-state index is 12.3. The van der Waals surface area contributed by atoms with Crippen LogP contribution in [-0.4, -0.2) is 12.9 Å². The van der Waals surface area contributed by atoms with Gasteiger partial charge in [0, 0.05) is 6.42 Å². The van der Waals surface area contributed by atoms with Crippen LogP contribution in [0.1, 0.15) is 27.2 Å². The van der Waals surface area contributed by atoms with Crippen LogP contribution in [0.15, 0.2) is 35.6 Å². The van der Waals surface area contributed by atoms with E-state index in [0.29, 0.717) is 24.0 Å². The normalized spacial score (nSPS) is 32.1. The van der Waals surface area contributed by atoms with Crippen LogP contribution in [0, 0.1) is 17.3 Å². The summed E-state index contributed by atoms with van der Waals surface area (Å²) in [5, 5.41) is 0. The number of ketones is 1. The van der Waals surface area contributed by atoms with Crippen LogP contribution < -0.4 is 0 Å². The van der Waals surface area contributed by atoms with Crippen molar-refractivity contribution in [2.45, 2.75) is 27.2 Å². The number of ether oxygens (including phenoxy) is 1. The van der Waals surface area contributed by atoms with Crippen molar-refractivity contribution in [3.8, 4) is 0 Å². The molecule has 0 heterocycles. The lowest BCUT2D eigenvalue weighted by Gasteiger charge is -2.25. The number of hydrogen-bond donors (Lipinski definition) is 0. The number of rotatable bonds is 2. The average molecular weight is 232 g/mol. The molecule has 92 valence electrons. The van der Waals surface area contributed by atoms with Crippen molar-refractivity contribution >= 4 is 5.78 Å². The highest BCUT2D eigenvalue weighted by molar-refractivity contribution is 5.94. The molecule has 1 fully saturated rings. The fourth-order valence-corrected chi connectivity index (χ4v) is 2.90. The minimum Gasteiger partial charge on any atom is -0.497 e. The van der Waals surface area contributed by atoms with E-state index in [1.165, 1.54) is 0 Å². The van der Waals surface area contributed by atoms with Crippen molar-refractivity contribution in [3.05, 3.63) is 35.6 Å². The van der Waals surface area contributed by atoms with Gasteiger partial charge in [0.25, 0.3) is 0 Å². The third-order valence-corrected chi connectivity index (χ3v) is 3.99. The molecule has 0 radical (unpaired) electrons. The summed E-state index contributed by atoms with van der Waals surface area (Å²) < 4.78 is 5.48. The van der Waals surface area contributed by atoms with E-state index in [2.05, 4.69) is 13.8 Å². The van der Waals surface area contributed by atoms with Gasteiger partial charge in [0.05, 0.1) is 12.5 Å². The number of fused-ring (bicyclic) bond motifs is 1. The van der Waals surface area contributed by atoms with Crippen LogP contribution in [0.2, 0.25) is 0 Å². The molecule has 0 aromatic carbocycles. The van der Waals surface area contributed by atoms with Crippen LogP contribution in [0.5, 0.6) is 0 Å². The highest BCUT2D eigenvalue weighted by Gasteiger charge is 2.48. The second kappa shape index (κ2) is 4.17. The summed E-state index contributed by atoms with van der Waals surface area (Å²) in [4.78, 5) is 12.3. The van der Waals surface area contributed by atoms with Crippen LogP contribution in [0.3, 0.4) is 0 Å². The zero-order valence-electron chi connectivity index (χ0n) is 11.0. The average Bonchev–Trinajstić information content (AvgIpc) is 2.46. The molecule has 2 heteroatoms. The molecule has 0 N–H and O–H groups in total. The topological polar surface area (TPSA) is 26.3 Å². The molecule has 2 atom stereocenters. The van der Waals surface area contributed by atoms with E-state index in [1.54, 1.807) is 7.11 Å². The third-order valence-electron chi connectivity index (χ3n) is 3.99. The minimum atomic E-state index is -0.468. The summed E-state index contributed by atoms with van der Waals surface area (Å²) in [6.45, 7) is 6.35. The molecule has 0 aliphatic heterocycles. The Morgan fingerprint density at radius 1 is 1.41 bits per heavy atom. The number of carbonyl (C=O) groups is 1. The molecule has 0 bridgehead atoms. The van der Waals surface area contributed by atoms with Gasteiger partial charge in [-0.2, -0.15) is 0 Å². The zero-order chi connectivity index (χ0) is 12.6. The van der Waals surface area contributed by atoms with E-state index < -0.39 is 5.41 Å². The van der Waals surface area contributed by atoms with Crippen LogP contribution in [0.4, 0.5) is 0 Å². The Labute approximate surface area is 103 Å². The first-order valence-corrected chi connectivity index (χ1v) is 6.18. The first kappa shape index (κ1) is 12.2. The number of allylic oxidation sites excluding steroid dienone is 5. The third kappa shape index (κ3) is 1.76. The molecule has 0 aromatic heterocycles. The van der Waals surface area contributed by atoms with Crippen molar-refractivity contribution in [1.82, 2.24) is 0 Å². The van der Waals surface area contributed by atoms with Gasteiger partial charge in [0.2, 0.25) is 0 Å². The van der Waals surface area contributed by atoms with Gasteiger partial charge in [-0.05, 0) is 30.4 Å². The van der Waals surface area contributed by atoms with E-state index in [1.807, 2.05) is 31.2 Å². The van der Waals surface area contributed by atoms with Crippen molar-refractivity contribution in [1.29, 1.82) is 0 Å². The molecule has 0 amide bonds. The van der Waals surface area contributed by atoms with Gasteiger partial charge in [-0.25, -0.2) is 0 Å². The first-order valence-electron chi connectivity index (χ1n) is 6.18. The molecule has 0 aromatic rings. The lowest BCUT2D eigenvalue weighted by molar-refractivity contribution is -0.122. The second-order valence-electron chi connectivity index (χ2n) is 5.38. The van der Waals surface area contributed by atoms with Gasteiger partial charge in [0.1, 0.15) is 11.5 Å². The second-order valence-corrected chi connectivity index (χ2v) is 5.38. The van der Waals surface area contributed by atoms with Crippen LogP contribution >= 0.6 is 0 Å². The standard InChI is InChI=1S/C15H20O2/c1-10(2)11-9-13(16)15(3)8-6-5-7-12(17-4)14(11)15/h5-8,10-11H,9H2,1-4H3/t11-,15-/m1/s1. The monoisotopic (exact) mass is 232 g/mol. The molecule has 2 rings (SSSR count). The van der Waals surface area contributed by atoms with Crippen LogP contribution in [-0.2, 0) is 9.53 Å². The van der Waals surface area contributed by atoms with E-state index in [-0.39, 0.29) is 0 Å². The van der Waals surface area contributed by atoms with E-state index in [9.17, 15) is 4.79 Å². The van der Waals surface area contributed by atoms with Crippen molar-refractivity contribution in [3.63, 3.8) is 0 Å². The molecule has 0 unspecified atom stereocenters. The zero-order valence-corrected chi connectivity index (χ0v) is 11.0. The van der Waals surface area contributed by atoms with Crippen molar-refractivity contribution in [2.75, 3.05) is 7.11 Å². The largest absolute Gasteiger partial charge is 0.497 e. The molecular weight excluding hydrogens is 212 g/mol. The smallest absolute Gasteiger partial charge is 0.147 e. The summed E-state index contributed by atoms with van der Waals surface area (Å²) in [6.07, 6.45) is 8.50. The molecule has 2 aliphatic carbocycles. The van der Waals surface area contributed by atoms with Crippen molar-refractivity contribution < 1.29 is 9.53 Å². The number of carbonyl (C=O) groups excluding carboxylic acids is 1. The van der Waals surface area contributed by atoms with Gasteiger partial charge < -0.3 is 4.74 Å². The summed E-state index contributed by atoms with van der Waals surface area (Å²) in [5.74, 6) is 1.93. The van der Waals surface area contributed by atoms with E-state index >= 15 is 0 Å². The van der Waals surface area contributed by atoms with Gasteiger partial charge in [-0.15, -0.1) is 0 Å². The minimum absolute atomic E-state index is 0.301. The van der Waals surface area contributed by atoms with Gasteiger partial charge >= 0.3 is 0 Å². The fourth-order valence-electron chi connectivity index (χ4n) is 2.90. The summed E-state index contributed by atoms with van der Waals surface area (Å²) in [7, 11) is 1.68. The highest BCUT2D eigenvalue weighted by atomic mass is 16.5. The Hall–Kier alpha value is -1.31. The molecule has 17 heavy (non-hydrogen) atoms. The quantitative estimate of drug-likeness (QED) is 0.730. The number of methoxy groups -OCH3 is 1. The predicted octanol–water partition coefficient (Wildman–Crippen LogP) is 3.26. The lowest BCUT2D eigenvalue weighted by Crippen LogP contribution is -2.22. The Morgan fingerprint density at radius 2 is 2.12 bits per heavy atom. The molecule has 1 saturated carbocycles. The van der Waals surface area contributed by atoms with Gasteiger partial charge in [-0.3, -0.25) is 4.79 Å². The maximum Gasteiger partial charge on any atom is 0.147 e. The summed E-state index contributed by atoms with van der Waals surface area (Å²) >= 11 is 0. The molecule has 0 saturated heterocycles.